The number of carbonyl (C=O) groups excluding carboxylic acids is 1. The lowest BCUT2D eigenvalue weighted by Crippen LogP contribution is -2.24. The Balaban J connectivity index is 2.76. The molecule has 0 fully saturated rings. The van der Waals surface area contributed by atoms with Gasteiger partial charge >= 0.3 is 0 Å². The third kappa shape index (κ3) is 3.56. The van der Waals surface area contributed by atoms with Crippen LogP contribution in [0.2, 0.25) is 10.0 Å². The van der Waals surface area contributed by atoms with Crippen LogP contribution in [-0.2, 0) is 4.79 Å². The molecule has 0 radical (unpaired) electrons. The van der Waals surface area contributed by atoms with Crippen LogP contribution in [0.15, 0.2) is 18.2 Å². The van der Waals surface area contributed by atoms with Crippen molar-refractivity contribution in [3.63, 3.8) is 0 Å². The van der Waals surface area contributed by atoms with Crippen LogP contribution < -0.4 is 4.74 Å². The summed E-state index contributed by atoms with van der Waals surface area (Å²) in [6.45, 7) is 1.62. The van der Waals surface area contributed by atoms with Crippen LogP contribution in [0.4, 0.5) is 0 Å². The molecule has 1 rings (SSSR count). The molecule has 0 bridgehead atoms. The molecule has 0 saturated heterocycles. The van der Waals surface area contributed by atoms with E-state index in [0.717, 1.165) is 0 Å². The van der Waals surface area contributed by atoms with Crippen molar-refractivity contribution >= 4 is 40.6 Å². The minimum Gasteiger partial charge on any atom is -0.481 e. The molecule has 1 aromatic carbocycles. The highest BCUT2D eigenvalue weighted by molar-refractivity contribution is 6.35. The third-order valence-corrected chi connectivity index (χ3v) is 2.58. The number of Topliss-reactive ketones (excluding diaryl/α,β-unsaturated/α-hetero) is 1. The molecule has 0 aromatic heterocycles. The Morgan fingerprint density at radius 1 is 1.47 bits per heavy atom. The monoisotopic (exact) mass is 266 g/mol. The second-order valence-corrected chi connectivity index (χ2v) is 4.05. The molecule has 82 valence electrons. The summed E-state index contributed by atoms with van der Waals surface area (Å²) in [4.78, 5) is 11.2. The van der Waals surface area contributed by atoms with Crippen LogP contribution in [0.1, 0.15) is 6.92 Å². The zero-order valence-electron chi connectivity index (χ0n) is 7.97. The van der Waals surface area contributed by atoms with Crippen molar-refractivity contribution in [1.29, 1.82) is 0 Å². The lowest BCUT2D eigenvalue weighted by atomic mass is 10.3. The molecule has 15 heavy (non-hydrogen) atoms. The van der Waals surface area contributed by atoms with Gasteiger partial charge in [-0.3, -0.25) is 4.79 Å². The molecule has 0 heterocycles. The average molecular weight is 268 g/mol. The topological polar surface area (TPSA) is 26.3 Å². The SMILES string of the molecule is CC(Oc1ccc(Cl)cc1Cl)C(=O)CCl. The summed E-state index contributed by atoms with van der Waals surface area (Å²) in [7, 11) is 0. The van der Waals surface area contributed by atoms with Gasteiger partial charge in [0.05, 0.1) is 10.9 Å². The van der Waals surface area contributed by atoms with Crippen molar-refractivity contribution < 1.29 is 9.53 Å². The first-order valence-corrected chi connectivity index (χ1v) is 5.54. The number of rotatable bonds is 4. The summed E-state index contributed by atoms with van der Waals surface area (Å²) in [6.07, 6.45) is -0.610. The Morgan fingerprint density at radius 3 is 2.67 bits per heavy atom. The van der Waals surface area contributed by atoms with E-state index in [-0.39, 0.29) is 11.7 Å². The van der Waals surface area contributed by atoms with Gasteiger partial charge in [-0.05, 0) is 25.1 Å². The van der Waals surface area contributed by atoms with Crippen LogP contribution >= 0.6 is 34.8 Å². The molecule has 1 aromatic rings. The molecule has 0 aliphatic carbocycles. The highest BCUT2D eigenvalue weighted by Gasteiger charge is 2.14. The van der Waals surface area contributed by atoms with Crippen LogP contribution in [0, 0.1) is 0 Å². The smallest absolute Gasteiger partial charge is 0.187 e. The number of hydrogen-bond acceptors (Lipinski definition) is 2. The first-order valence-electron chi connectivity index (χ1n) is 4.25. The summed E-state index contributed by atoms with van der Waals surface area (Å²) in [6, 6.07) is 4.81. The highest BCUT2D eigenvalue weighted by atomic mass is 35.5. The Labute approximate surface area is 103 Å². The van der Waals surface area contributed by atoms with Gasteiger partial charge in [0.25, 0.3) is 0 Å². The molecule has 2 nitrogen and oxygen atoms in total. The van der Waals surface area contributed by atoms with Gasteiger partial charge in [-0.25, -0.2) is 0 Å². The predicted molar refractivity (Wildman–Crippen MR) is 62.3 cm³/mol. The highest BCUT2D eigenvalue weighted by Crippen LogP contribution is 2.28. The maximum atomic E-state index is 11.2. The van der Waals surface area contributed by atoms with Crippen LogP contribution in [0.25, 0.3) is 0 Å². The van der Waals surface area contributed by atoms with E-state index in [1.807, 2.05) is 0 Å². The fraction of sp³-hybridized carbons (Fsp3) is 0.300. The van der Waals surface area contributed by atoms with E-state index in [1.165, 1.54) is 0 Å². The summed E-state index contributed by atoms with van der Waals surface area (Å²) >= 11 is 17.0. The number of benzene rings is 1. The van der Waals surface area contributed by atoms with E-state index >= 15 is 0 Å². The summed E-state index contributed by atoms with van der Waals surface area (Å²) in [5.41, 5.74) is 0. The number of ketones is 1. The van der Waals surface area contributed by atoms with Crippen molar-refractivity contribution in [2.75, 3.05) is 5.88 Å². The van der Waals surface area contributed by atoms with E-state index < -0.39 is 6.10 Å². The van der Waals surface area contributed by atoms with Gasteiger partial charge in [-0.2, -0.15) is 0 Å². The summed E-state index contributed by atoms with van der Waals surface area (Å²) < 4.78 is 5.33. The zero-order chi connectivity index (χ0) is 11.4. The second-order valence-electron chi connectivity index (χ2n) is 2.93. The minimum absolute atomic E-state index is 0.0770. The van der Waals surface area contributed by atoms with Gasteiger partial charge in [0.1, 0.15) is 5.75 Å². The van der Waals surface area contributed by atoms with Crippen LogP contribution in [-0.4, -0.2) is 17.8 Å². The largest absolute Gasteiger partial charge is 0.481 e. The van der Waals surface area contributed by atoms with Gasteiger partial charge in [0, 0.05) is 5.02 Å². The van der Waals surface area contributed by atoms with Gasteiger partial charge in [-0.15, -0.1) is 11.6 Å². The number of carbonyl (C=O) groups is 1. The molecule has 1 unspecified atom stereocenters. The first-order chi connectivity index (χ1) is 7.04. The molecule has 5 heteroatoms. The molecule has 0 spiro atoms. The predicted octanol–water partition coefficient (Wildman–Crippen LogP) is 3.57. The maximum Gasteiger partial charge on any atom is 0.187 e. The fourth-order valence-electron chi connectivity index (χ4n) is 0.936. The van der Waals surface area contributed by atoms with E-state index in [9.17, 15) is 4.79 Å². The van der Waals surface area contributed by atoms with Crippen molar-refractivity contribution in [2.24, 2.45) is 0 Å². The molecule has 1 atom stereocenters. The average Bonchev–Trinajstić information content (AvgIpc) is 2.20. The number of hydrogen-bond donors (Lipinski definition) is 0. The number of ether oxygens (including phenoxy) is 1. The van der Waals surface area contributed by atoms with Crippen molar-refractivity contribution in [3.8, 4) is 5.75 Å². The quantitative estimate of drug-likeness (QED) is 0.780. The Kier molecular flexibility index (Phi) is 4.71. The third-order valence-electron chi connectivity index (χ3n) is 1.78. The molecular formula is C10H9Cl3O2. The van der Waals surface area contributed by atoms with Crippen LogP contribution in [0.3, 0.4) is 0 Å². The Morgan fingerprint density at radius 2 is 2.13 bits per heavy atom. The van der Waals surface area contributed by atoms with Crippen LogP contribution in [0.5, 0.6) is 5.75 Å². The standard InChI is InChI=1S/C10H9Cl3O2/c1-6(9(14)5-11)15-10-3-2-7(12)4-8(10)13/h2-4,6H,5H2,1H3. The molecule has 0 aliphatic heterocycles. The second kappa shape index (κ2) is 5.59. The van der Waals surface area contributed by atoms with Gasteiger partial charge in [0.2, 0.25) is 0 Å². The zero-order valence-corrected chi connectivity index (χ0v) is 10.2. The van der Waals surface area contributed by atoms with Gasteiger partial charge in [0.15, 0.2) is 11.9 Å². The first kappa shape index (κ1) is 12.6. The van der Waals surface area contributed by atoms with E-state index in [4.69, 9.17) is 39.5 Å². The molecule has 0 amide bonds. The van der Waals surface area contributed by atoms with Crippen molar-refractivity contribution in [1.82, 2.24) is 0 Å². The van der Waals surface area contributed by atoms with Crippen molar-refractivity contribution in [3.05, 3.63) is 28.2 Å². The lowest BCUT2D eigenvalue weighted by molar-refractivity contribution is -0.122. The summed E-state index contributed by atoms with van der Waals surface area (Å²) in [5, 5.41) is 0.889. The normalized spacial score (nSPS) is 12.3. The molecule has 0 saturated carbocycles. The Hall–Kier alpha value is -0.440. The fourth-order valence-corrected chi connectivity index (χ4v) is 1.61. The van der Waals surface area contributed by atoms with E-state index in [0.29, 0.717) is 15.8 Å². The maximum absolute atomic E-state index is 11.2. The van der Waals surface area contributed by atoms with E-state index in [1.54, 1.807) is 25.1 Å². The Bertz CT molecular complexity index is 366. The molecule has 0 N–H and O–H groups in total. The minimum atomic E-state index is -0.610. The number of alkyl halides is 1. The van der Waals surface area contributed by atoms with Gasteiger partial charge < -0.3 is 4.74 Å². The van der Waals surface area contributed by atoms with E-state index in [2.05, 4.69) is 0 Å². The summed E-state index contributed by atoms with van der Waals surface area (Å²) in [5.74, 6) is 0.154. The lowest BCUT2D eigenvalue weighted by Gasteiger charge is -2.13. The van der Waals surface area contributed by atoms with Crippen molar-refractivity contribution in [2.45, 2.75) is 13.0 Å². The molecular weight excluding hydrogens is 258 g/mol. The molecule has 0 aliphatic rings. The number of halogens is 3. The van der Waals surface area contributed by atoms with Gasteiger partial charge in [-0.1, -0.05) is 23.2 Å².